The van der Waals surface area contributed by atoms with Crippen LogP contribution < -0.4 is 9.47 Å². The maximum atomic E-state index is 11.8. The van der Waals surface area contributed by atoms with E-state index in [0.29, 0.717) is 37.7 Å². The van der Waals surface area contributed by atoms with Crippen LogP contribution in [-0.2, 0) is 4.79 Å². The highest BCUT2D eigenvalue weighted by molar-refractivity contribution is 5.78. The van der Waals surface area contributed by atoms with E-state index in [4.69, 9.17) is 9.47 Å². The molecule has 2 aromatic carbocycles. The minimum absolute atomic E-state index is 0.107. The predicted octanol–water partition coefficient (Wildman–Crippen LogP) is 3.72. The molecular formula is C25H31N2O4. The van der Waals surface area contributed by atoms with Gasteiger partial charge in [0.2, 0.25) is 5.91 Å². The first-order chi connectivity index (χ1) is 15.1. The Bertz CT molecular complexity index is 908. The van der Waals surface area contributed by atoms with Gasteiger partial charge in [0.1, 0.15) is 19.0 Å². The number of hydrogen-bond acceptors (Lipinski definition) is 5. The summed E-state index contributed by atoms with van der Waals surface area (Å²) >= 11 is 0. The third-order valence-electron chi connectivity index (χ3n) is 6.01. The van der Waals surface area contributed by atoms with Crippen molar-refractivity contribution in [2.24, 2.45) is 0 Å². The summed E-state index contributed by atoms with van der Waals surface area (Å²) in [6.45, 7) is 9.63. The second kappa shape index (κ2) is 10.1. The number of phenolic OH excluding ortho intramolecular Hbond substituents is 1. The summed E-state index contributed by atoms with van der Waals surface area (Å²) in [7, 11) is 0. The molecule has 0 aromatic heterocycles. The van der Waals surface area contributed by atoms with Crippen LogP contribution in [0.1, 0.15) is 31.2 Å². The van der Waals surface area contributed by atoms with Crippen molar-refractivity contribution < 1.29 is 19.4 Å². The van der Waals surface area contributed by atoms with Crippen LogP contribution in [0, 0.1) is 6.92 Å². The van der Waals surface area contributed by atoms with Gasteiger partial charge < -0.3 is 19.5 Å². The van der Waals surface area contributed by atoms with Crippen LogP contribution in [-0.4, -0.2) is 66.8 Å². The molecule has 4 rings (SSSR count). The van der Waals surface area contributed by atoms with Gasteiger partial charge >= 0.3 is 0 Å². The Kier molecular flexibility index (Phi) is 6.97. The Morgan fingerprint density at radius 3 is 2.45 bits per heavy atom. The second-order valence-electron chi connectivity index (χ2n) is 8.20. The molecule has 0 saturated carbocycles. The van der Waals surface area contributed by atoms with Gasteiger partial charge in [-0.3, -0.25) is 9.69 Å². The van der Waals surface area contributed by atoms with E-state index < -0.39 is 0 Å². The Morgan fingerprint density at radius 2 is 1.71 bits per heavy atom. The van der Waals surface area contributed by atoms with Crippen LogP contribution in [0.25, 0.3) is 11.1 Å². The van der Waals surface area contributed by atoms with Crippen LogP contribution in [0.15, 0.2) is 36.4 Å². The van der Waals surface area contributed by atoms with Gasteiger partial charge in [-0.15, -0.1) is 0 Å². The lowest BCUT2D eigenvalue weighted by Gasteiger charge is -2.19. The summed E-state index contributed by atoms with van der Waals surface area (Å²) in [5.74, 6) is 1.48. The number of aromatic hydroxyl groups is 1. The monoisotopic (exact) mass is 423 g/mol. The number of rotatable bonds is 9. The van der Waals surface area contributed by atoms with Crippen LogP contribution in [0.4, 0.5) is 0 Å². The van der Waals surface area contributed by atoms with E-state index >= 15 is 0 Å². The number of amides is 1. The minimum atomic E-state index is 0.107. The lowest BCUT2D eigenvalue weighted by Crippen LogP contribution is -2.29. The Morgan fingerprint density at radius 1 is 0.935 bits per heavy atom. The summed E-state index contributed by atoms with van der Waals surface area (Å²) in [5.41, 5.74) is 2.48. The number of hydrogen-bond donors (Lipinski definition) is 1. The van der Waals surface area contributed by atoms with E-state index in [2.05, 4.69) is 11.8 Å². The van der Waals surface area contributed by atoms with Gasteiger partial charge in [-0.05, 0) is 68.6 Å². The standard InChI is InChI=1S/C25H31N2O4/c1-19-6-4-7-23(31-17-15-27-13-5-8-24(27)29)25(19)20-9-10-22(21(28)18-20)30-16-14-26-11-2-3-12-26/h4,6-7,9-10,18,28H,1-3,5,8,11-17H2. The van der Waals surface area contributed by atoms with Gasteiger partial charge in [-0.25, -0.2) is 0 Å². The number of likely N-dealkylation sites (tertiary alicyclic amines) is 2. The molecule has 0 unspecified atom stereocenters. The molecule has 0 aliphatic carbocycles. The van der Waals surface area contributed by atoms with Crippen molar-refractivity contribution in [3.8, 4) is 28.4 Å². The molecule has 1 N–H and O–H groups in total. The Labute approximate surface area is 184 Å². The average molecular weight is 424 g/mol. The Balaban J connectivity index is 1.41. The van der Waals surface area contributed by atoms with Crippen molar-refractivity contribution in [2.75, 3.05) is 45.9 Å². The number of carbonyl (C=O) groups is 1. The summed E-state index contributed by atoms with van der Waals surface area (Å²) < 4.78 is 11.8. The topological polar surface area (TPSA) is 62.2 Å². The SMILES string of the molecule is [CH2]c1cccc(OCCN2CCCC2=O)c1-c1ccc(OCCN2CCCC2)c(O)c1. The molecule has 2 heterocycles. The molecule has 2 fully saturated rings. The van der Waals surface area contributed by atoms with Crippen molar-refractivity contribution in [3.63, 3.8) is 0 Å². The van der Waals surface area contributed by atoms with Gasteiger partial charge in [-0.1, -0.05) is 18.2 Å². The first kappa shape index (κ1) is 21.5. The predicted molar refractivity (Wildman–Crippen MR) is 120 cm³/mol. The van der Waals surface area contributed by atoms with Gasteiger partial charge in [0, 0.05) is 25.1 Å². The molecule has 0 atom stereocenters. The summed E-state index contributed by atoms with van der Waals surface area (Å²) in [6, 6.07) is 11.1. The molecule has 1 radical (unpaired) electrons. The number of phenols is 1. The van der Waals surface area contributed by atoms with Gasteiger partial charge in [0.15, 0.2) is 11.5 Å². The zero-order chi connectivity index (χ0) is 21.6. The van der Waals surface area contributed by atoms with Crippen molar-refractivity contribution in [1.29, 1.82) is 0 Å². The molecule has 0 bridgehead atoms. The molecule has 0 spiro atoms. The first-order valence-electron chi connectivity index (χ1n) is 11.2. The van der Waals surface area contributed by atoms with E-state index in [-0.39, 0.29) is 11.7 Å². The van der Waals surface area contributed by atoms with Crippen LogP contribution in [0.2, 0.25) is 0 Å². The Hall–Kier alpha value is -2.73. The quantitative estimate of drug-likeness (QED) is 0.666. The lowest BCUT2D eigenvalue weighted by atomic mass is 9.99. The van der Waals surface area contributed by atoms with Crippen LogP contribution in [0.3, 0.4) is 0 Å². The first-order valence-corrected chi connectivity index (χ1v) is 11.2. The van der Waals surface area contributed by atoms with E-state index in [1.165, 1.54) is 12.8 Å². The number of nitrogens with zero attached hydrogens (tertiary/aromatic N) is 2. The van der Waals surface area contributed by atoms with E-state index in [9.17, 15) is 9.90 Å². The normalized spacial score (nSPS) is 16.8. The minimum Gasteiger partial charge on any atom is -0.504 e. The largest absolute Gasteiger partial charge is 0.504 e. The molecule has 31 heavy (non-hydrogen) atoms. The highest BCUT2D eigenvalue weighted by Crippen LogP contribution is 2.38. The third kappa shape index (κ3) is 5.31. The lowest BCUT2D eigenvalue weighted by molar-refractivity contribution is -0.128. The molecule has 6 nitrogen and oxygen atoms in total. The molecule has 2 aliphatic heterocycles. The van der Waals surface area contributed by atoms with Crippen molar-refractivity contribution >= 4 is 5.91 Å². The molecule has 2 aromatic rings. The summed E-state index contributed by atoms with van der Waals surface area (Å²) in [6.07, 6.45) is 4.06. The van der Waals surface area contributed by atoms with Crippen LogP contribution >= 0.6 is 0 Å². The molecule has 1 amide bonds. The molecular weight excluding hydrogens is 392 g/mol. The molecule has 165 valence electrons. The maximum Gasteiger partial charge on any atom is 0.222 e. The van der Waals surface area contributed by atoms with Crippen molar-refractivity contribution in [2.45, 2.75) is 25.7 Å². The van der Waals surface area contributed by atoms with Crippen molar-refractivity contribution in [1.82, 2.24) is 9.80 Å². The fraction of sp³-hybridized carbons (Fsp3) is 0.440. The molecule has 2 saturated heterocycles. The number of carbonyl (C=O) groups excluding carboxylic acids is 1. The highest BCUT2D eigenvalue weighted by atomic mass is 16.5. The summed E-state index contributed by atoms with van der Waals surface area (Å²) in [4.78, 5) is 16.0. The number of ether oxygens (including phenoxy) is 2. The van der Waals surface area contributed by atoms with Gasteiger partial charge in [0.05, 0.1) is 6.54 Å². The van der Waals surface area contributed by atoms with E-state index in [0.717, 1.165) is 49.3 Å². The zero-order valence-corrected chi connectivity index (χ0v) is 18.0. The average Bonchev–Trinajstić information content (AvgIpc) is 3.41. The van der Waals surface area contributed by atoms with Crippen LogP contribution in [0.5, 0.6) is 17.2 Å². The zero-order valence-electron chi connectivity index (χ0n) is 18.0. The molecule has 6 heteroatoms. The number of benzene rings is 2. The third-order valence-corrected chi connectivity index (χ3v) is 6.01. The second-order valence-corrected chi connectivity index (χ2v) is 8.20. The van der Waals surface area contributed by atoms with Crippen molar-refractivity contribution in [3.05, 3.63) is 48.9 Å². The maximum absolute atomic E-state index is 11.8. The smallest absolute Gasteiger partial charge is 0.222 e. The van der Waals surface area contributed by atoms with Gasteiger partial charge in [0.25, 0.3) is 0 Å². The highest BCUT2D eigenvalue weighted by Gasteiger charge is 2.20. The fourth-order valence-corrected chi connectivity index (χ4v) is 4.32. The van der Waals surface area contributed by atoms with E-state index in [1.54, 1.807) is 12.1 Å². The summed E-state index contributed by atoms with van der Waals surface area (Å²) in [5, 5.41) is 10.5. The van der Waals surface area contributed by atoms with E-state index in [1.807, 2.05) is 29.2 Å². The fourth-order valence-electron chi connectivity index (χ4n) is 4.32. The molecule has 2 aliphatic rings. The van der Waals surface area contributed by atoms with Gasteiger partial charge in [-0.2, -0.15) is 0 Å².